The fourth-order valence-electron chi connectivity index (χ4n) is 4.35. The van der Waals surface area contributed by atoms with Gasteiger partial charge in [-0.2, -0.15) is 4.98 Å². The zero-order valence-corrected chi connectivity index (χ0v) is 20.2. The van der Waals surface area contributed by atoms with Crippen LogP contribution in [0.4, 0.5) is 16.2 Å². The van der Waals surface area contributed by atoms with Gasteiger partial charge >= 0.3 is 0 Å². The standard InChI is InChI=1S/C26H25ClFN7O/c27-18-5-1-16(2-6-18)15-20(29)25(36)35-13-11-34(12-14-35)24-23-22(32-26(30)33-24)10-9-21(31-23)17-3-7-19(28)8-4-17/h1-10,20H,11-15,29H2,(H2,30,32,33)/t20-/m1/s1. The molecular formula is C26H25ClFN7O. The van der Waals surface area contributed by atoms with E-state index in [0.717, 1.165) is 11.1 Å². The third kappa shape index (κ3) is 5.07. The summed E-state index contributed by atoms with van der Waals surface area (Å²) in [5.41, 5.74) is 15.9. The number of hydrogen-bond donors (Lipinski definition) is 2. The van der Waals surface area contributed by atoms with Gasteiger partial charge in [0.2, 0.25) is 11.9 Å². The average molecular weight is 506 g/mol. The number of anilines is 2. The van der Waals surface area contributed by atoms with Gasteiger partial charge in [0.05, 0.1) is 17.3 Å². The van der Waals surface area contributed by atoms with Crippen LogP contribution in [0.3, 0.4) is 0 Å². The normalized spacial score (nSPS) is 14.8. The van der Waals surface area contributed by atoms with Crippen molar-refractivity contribution in [2.75, 3.05) is 36.8 Å². The lowest BCUT2D eigenvalue weighted by Crippen LogP contribution is -2.54. The Bertz CT molecular complexity index is 1390. The molecule has 3 heterocycles. The summed E-state index contributed by atoms with van der Waals surface area (Å²) in [5.74, 6) is 0.362. The first-order chi connectivity index (χ1) is 17.4. The fraction of sp³-hybridized carbons (Fsp3) is 0.231. The third-order valence-electron chi connectivity index (χ3n) is 6.26. The molecule has 184 valence electrons. The maximum Gasteiger partial charge on any atom is 0.239 e. The Kier molecular flexibility index (Phi) is 6.67. The Hall–Kier alpha value is -3.82. The zero-order valence-electron chi connectivity index (χ0n) is 19.4. The predicted molar refractivity (Wildman–Crippen MR) is 139 cm³/mol. The first-order valence-electron chi connectivity index (χ1n) is 11.6. The molecule has 10 heteroatoms. The minimum absolute atomic E-state index is 0.0895. The van der Waals surface area contributed by atoms with Crippen molar-refractivity contribution < 1.29 is 9.18 Å². The number of carbonyl (C=O) groups is 1. The van der Waals surface area contributed by atoms with E-state index in [1.165, 1.54) is 12.1 Å². The topological polar surface area (TPSA) is 114 Å². The molecule has 0 unspecified atom stereocenters. The van der Waals surface area contributed by atoms with Gasteiger partial charge in [-0.15, -0.1) is 0 Å². The van der Waals surface area contributed by atoms with Crippen molar-refractivity contribution in [2.45, 2.75) is 12.5 Å². The molecule has 1 atom stereocenters. The summed E-state index contributed by atoms with van der Waals surface area (Å²) in [7, 11) is 0. The number of carbonyl (C=O) groups excluding carboxylic acids is 1. The number of fused-ring (bicyclic) bond motifs is 1. The quantitative estimate of drug-likeness (QED) is 0.427. The van der Waals surface area contributed by atoms with Crippen LogP contribution in [0.25, 0.3) is 22.3 Å². The van der Waals surface area contributed by atoms with Gasteiger partial charge in [0.1, 0.15) is 11.3 Å². The van der Waals surface area contributed by atoms with Crippen molar-refractivity contribution in [3.8, 4) is 11.3 Å². The second-order valence-electron chi connectivity index (χ2n) is 8.73. The Labute approximate surface area is 212 Å². The molecule has 36 heavy (non-hydrogen) atoms. The van der Waals surface area contributed by atoms with Crippen LogP contribution in [0.5, 0.6) is 0 Å². The van der Waals surface area contributed by atoms with Crippen molar-refractivity contribution in [1.82, 2.24) is 19.9 Å². The zero-order chi connectivity index (χ0) is 25.2. The van der Waals surface area contributed by atoms with Crippen molar-refractivity contribution in [3.63, 3.8) is 0 Å². The largest absolute Gasteiger partial charge is 0.368 e. The molecule has 1 aliphatic heterocycles. The monoisotopic (exact) mass is 505 g/mol. The van der Waals surface area contributed by atoms with Crippen LogP contribution >= 0.6 is 11.6 Å². The van der Waals surface area contributed by atoms with Gasteiger partial charge in [-0.05, 0) is 60.5 Å². The molecule has 4 aromatic rings. The molecule has 2 aromatic heterocycles. The number of benzene rings is 2. The van der Waals surface area contributed by atoms with Crippen LogP contribution in [0.2, 0.25) is 5.02 Å². The van der Waals surface area contributed by atoms with E-state index in [9.17, 15) is 9.18 Å². The highest BCUT2D eigenvalue weighted by molar-refractivity contribution is 6.30. The number of pyridine rings is 1. The SMILES string of the molecule is Nc1nc(N2CCN(C(=O)[C@H](N)Cc3ccc(Cl)cc3)CC2)c2nc(-c3ccc(F)cc3)ccc2n1. The molecule has 1 fully saturated rings. The molecule has 4 N–H and O–H groups in total. The van der Waals surface area contributed by atoms with E-state index in [2.05, 4.69) is 14.9 Å². The molecule has 5 rings (SSSR count). The predicted octanol–water partition coefficient (Wildman–Crippen LogP) is 3.29. The van der Waals surface area contributed by atoms with E-state index in [0.29, 0.717) is 60.2 Å². The second-order valence-corrected chi connectivity index (χ2v) is 9.16. The first-order valence-corrected chi connectivity index (χ1v) is 12.0. The van der Waals surface area contributed by atoms with Gasteiger partial charge in [0, 0.05) is 36.8 Å². The van der Waals surface area contributed by atoms with E-state index in [1.54, 1.807) is 29.2 Å². The summed E-state index contributed by atoms with van der Waals surface area (Å²) < 4.78 is 13.4. The molecule has 0 saturated carbocycles. The molecule has 2 aromatic carbocycles. The summed E-state index contributed by atoms with van der Waals surface area (Å²) in [5, 5.41) is 0.645. The molecule has 0 radical (unpaired) electrons. The van der Waals surface area contributed by atoms with Gasteiger partial charge in [0.15, 0.2) is 5.82 Å². The highest BCUT2D eigenvalue weighted by atomic mass is 35.5. The Balaban J connectivity index is 1.32. The minimum atomic E-state index is -0.631. The van der Waals surface area contributed by atoms with Crippen LogP contribution in [0.15, 0.2) is 60.7 Å². The van der Waals surface area contributed by atoms with Gasteiger partial charge in [0.25, 0.3) is 0 Å². The Morgan fingerprint density at radius 3 is 2.33 bits per heavy atom. The van der Waals surface area contributed by atoms with Crippen LogP contribution < -0.4 is 16.4 Å². The van der Waals surface area contributed by atoms with Gasteiger partial charge in [-0.1, -0.05) is 23.7 Å². The molecule has 0 aliphatic carbocycles. The summed E-state index contributed by atoms with van der Waals surface area (Å²) in [6.45, 7) is 2.09. The molecule has 8 nitrogen and oxygen atoms in total. The van der Waals surface area contributed by atoms with Crippen molar-refractivity contribution >= 4 is 40.3 Å². The fourth-order valence-corrected chi connectivity index (χ4v) is 4.48. The van der Waals surface area contributed by atoms with Gasteiger partial charge < -0.3 is 21.3 Å². The number of piperazine rings is 1. The van der Waals surface area contributed by atoms with E-state index in [-0.39, 0.29) is 17.7 Å². The molecule has 1 aliphatic rings. The smallest absolute Gasteiger partial charge is 0.239 e. The average Bonchev–Trinajstić information content (AvgIpc) is 2.89. The third-order valence-corrected chi connectivity index (χ3v) is 6.51. The van der Waals surface area contributed by atoms with Crippen molar-refractivity contribution in [2.24, 2.45) is 5.73 Å². The summed E-state index contributed by atoms with van der Waals surface area (Å²) >= 11 is 5.94. The van der Waals surface area contributed by atoms with Crippen molar-refractivity contribution in [1.29, 1.82) is 0 Å². The van der Waals surface area contributed by atoms with E-state index in [4.69, 9.17) is 28.1 Å². The summed E-state index contributed by atoms with van der Waals surface area (Å²) in [6.07, 6.45) is 0.444. The highest BCUT2D eigenvalue weighted by Gasteiger charge is 2.27. The number of hydrogen-bond acceptors (Lipinski definition) is 7. The number of halogens is 2. The van der Waals surface area contributed by atoms with E-state index >= 15 is 0 Å². The lowest BCUT2D eigenvalue weighted by atomic mass is 10.1. The Morgan fingerprint density at radius 2 is 1.64 bits per heavy atom. The molecule has 0 bridgehead atoms. The minimum Gasteiger partial charge on any atom is -0.368 e. The van der Waals surface area contributed by atoms with Crippen LogP contribution in [-0.4, -0.2) is 58.0 Å². The maximum atomic E-state index is 13.4. The maximum absolute atomic E-state index is 13.4. The second kappa shape index (κ2) is 10.0. The number of rotatable bonds is 5. The lowest BCUT2D eigenvalue weighted by Gasteiger charge is -2.36. The van der Waals surface area contributed by atoms with Crippen LogP contribution in [-0.2, 0) is 11.2 Å². The van der Waals surface area contributed by atoms with E-state index in [1.807, 2.05) is 24.3 Å². The van der Waals surface area contributed by atoms with Crippen LogP contribution in [0, 0.1) is 5.82 Å². The van der Waals surface area contributed by atoms with Gasteiger partial charge in [-0.25, -0.2) is 14.4 Å². The number of nitrogens with zero attached hydrogens (tertiary/aromatic N) is 5. The number of nitrogen functional groups attached to an aromatic ring is 1. The van der Waals surface area contributed by atoms with E-state index < -0.39 is 6.04 Å². The summed E-state index contributed by atoms with van der Waals surface area (Å²) in [6, 6.07) is 16.5. The molecule has 1 amide bonds. The first kappa shape index (κ1) is 23.9. The molecule has 0 spiro atoms. The van der Waals surface area contributed by atoms with Crippen molar-refractivity contribution in [3.05, 3.63) is 77.1 Å². The molecular weight excluding hydrogens is 481 g/mol. The highest BCUT2D eigenvalue weighted by Crippen LogP contribution is 2.28. The van der Waals surface area contributed by atoms with Gasteiger partial charge in [-0.3, -0.25) is 4.79 Å². The summed E-state index contributed by atoms with van der Waals surface area (Å²) in [4.78, 5) is 30.4. The Morgan fingerprint density at radius 1 is 0.944 bits per heavy atom. The lowest BCUT2D eigenvalue weighted by molar-refractivity contribution is -0.132. The van der Waals surface area contributed by atoms with Crippen LogP contribution in [0.1, 0.15) is 5.56 Å². The number of amides is 1. The number of nitrogens with two attached hydrogens (primary N) is 2. The molecule has 1 saturated heterocycles. The number of aromatic nitrogens is 3.